The van der Waals surface area contributed by atoms with Crippen LogP contribution in [0.5, 0.6) is 0 Å². The number of furan rings is 2. The van der Waals surface area contributed by atoms with Crippen LogP contribution in [-0.2, 0) is 0 Å². The van der Waals surface area contributed by atoms with E-state index in [1.165, 1.54) is 36.8 Å². The van der Waals surface area contributed by atoms with E-state index in [4.69, 9.17) is 0 Å². The van der Waals surface area contributed by atoms with Gasteiger partial charge in [-0.05, 0) is 24.3 Å². The van der Waals surface area contributed by atoms with Gasteiger partial charge < -0.3 is 28.6 Å². The number of aromatic carboxylic acids is 2. The Hall–Kier alpha value is -0.500. The first-order valence-electron chi connectivity index (χ1n) is 4.11. The summed E-state index contributed by atoms with van der Waals surface area (Å²) < 4.78 is 8.87. The summed E-state index contributed by atoms with van der Waals surface area (Å²) in [6.45, 7) is 0. The van der Waals surface area contributed by atoms with E-state index >= 15 is 0 Å². The van der Waals surface area contributed by atoms with Crippen molar-refractivity contribution >= 4 is 11.9 Å². The van der Waals surface area contributed by atoms with Gasteiger partial charge in [-0.1, -0.05) is 0 Å². The maximum Gasteiger partial charge on any atom is 1.00 e. The molecule has 0 bridgehead atoms. The van der Waals surface area contributed by atoms with Crippen molar-refractivity contribution in [3.8, 4) is 0 Å². The van der Waals surface area contributed by atoms with Crippen molar-refractivity contribution in [2.75, 3.05) is 0 Å². The minimum atomic E-state index is -1.28. The first kappa shape index (κ1) is 19.8. The zero-order chi connectivity index (χ0) is 12.0. The standard InChI is InChI=1S/2C5H4O3.2Na/c2*6-5(7)4-2-1-3-8-4;;/h2*1-3H,(H,6,7);;/q;;2*+1/p-2. The molecule has 0 aliphatic rings. The second-order valence-electron chi connectivity index (χ2n) is 2.53. The molecule has 8 heteroatoms. The summed E-state index contributed by atoms with van der Waals surface area (Å²) in [5.74, 6) is -2.83. The van der Waals surface area contributed by atoms with Crippen LogP contribution in [0.15, 0.2) is 45.6 Å². The van der Waals surface area contributed by atoms with Crippen LogP contribution in [0.3, 0.4) is 0 Å². The second kappa shape index (κ2) is 10.4. The molecule has 0 radical (unpaired) electrons. The van der Waals surface area contributed by atoms with E-state index in [1.54, 1.807) is 0 Å². The summed E-state index contributed by atoms with van der Waals surface area (Å²) in [7, 11) is 0. The van der Waals surface area contributed by atoms with Gasteiger partial charge in [-0.25, -0.2) is 0 Å². The van der Waals surface area contributed by atoms with E-state index in [0.29, 0.717) is 0 Å². The average Bonchev–Trinajstić information content (AvgIpc) is 2.93. The van der Waals surface area contributed by atoms with E-state index < -0.39 is 11.9 Å². The number of carboxylic acids is 2. The summed E-state index contributed by atoms with van der Waals surface area (Å²) in [5, 5.41) is 19.7. The van der Waals surface area contributed by atoms with Gasteiger partial charge in [0.15, 0.2) is 0 Å². The molecule has 0 aliphatic heterocycles. The van der Waals surface area contributed by atoms with E-state index in [1.807, 2.05) is 0 Å². The van der Waals surface area contributed by atoms with Crippen molar-refractivity contribution in [3.05, 3.63) is 48.3 Å². The average molecular weight is 268 g/mol. The van der Waals surface area contributed by atoms with Gasteiger partial charge >= 0.3 is 59.1 Å². The van der Waals surface area contributed by atoms with Crippen molar-refractivity contribution in [2.24, 2.45) is 0 Å². The Morgan fingerprint density at radius 2 is 1.17 bits per heavy atom. The van der Waals surface area contributed by atoms with Crippen molar-refractivity contribution in [2.45, 2.75) is 0 Å². The molecule has 0 N–H and O–H groups in total. The van der Waals surface area contributed by atoms with E-state index in [9.17, 15) is 19.8 Å². The summed E-state index contributed by atoms with van der Waals surface area (Å²) in [6, 6.07) is 5.64. The van der Waals surface area contributed by atoms with Crippen LogP contribution in [0.1, 0.15) is 21.1 Å². The van der Waals surface area contributed by atoms with E-state index in [-0.39, 0.29) is 70.6 Å². The predicted octanol–water partition coefficient (Wildman–Crippen LogP) is -6.71. The Kier molecular flexibility index (Phi) is 11.5. The number of carboxylic acid groups (broad SMARTS) is 2. The molecule has 0 saturated heterocycles. The van der Waals surface area contributed by atoms with E-state index in [0.717, 1.165) is 0 Å². The molecule has 0 saturated carbocycles. The van der Waals surface area contributed by atoms with Crippen LogP contribution < -0.4 is 69.3 Å². The Balaban J connectivity index is 0. The molecule has 0 fully saturated rings. The van der Waals surface area contributed by atoms with Gasteiger partial charge in [0.25, 0.3) is 0 Å². The molecule has 0 atom stereocenters. The maximum absolute atomic E-state index is 9.86. The molecule has 0 aromatic carbocycles. The second-order valence-corrected chi connectivity index (χ2v) is 2.53. The Bertz CT molecular complexity index is 404. The molecular formula is C10H6Na2O6. The van der Waals surface area contributed by atoms with Crippen LogP contribution in [0.4, 0.5) is 0 Å². The zero-order valence-electron chi connectivity index (χ0n) is 9.91. The van der Waals surface area contributed by atoms with Gasteiger partial charge in [0.1, 0.15) is 23.5 Å². The van der Waals surface area contributed by atoms with Crippen LogP contribution in [0.25, 0.3) is 0 Å². The molecule has 2 aromatic heterocycles. The molecule has 0 aliphatic carbocycles. The topological polar surface area (TPSA) is 107 Å². The van der Waals surface area contributed by atoms with Crippen molar-refractivity contribution in [1.29, 1.82) is 0 Å². The molecule has 18 heavy (non-hydrogen) atoms. The first-order valence-corrected chi connectivity index (χ1v) is 4.11. The third-order valence-corrected chi connectivity index (χ3v) is 1.44. The maximum atomic E-state index is 9.86. The van der Waals surface area contributed by atoms with Crippen LogP contribution in [0, 0.1) is 0 Å². The fourth-order valence-electron chi connectivity index (χ4n) is 0.789. The summed E-state index contributed by atoms with van der Waals surface area (Å²) in [5.41, 5.74) is 0. The summed E-state index contributed by atoms with van der Waals surface area (Å²) in [4.78, 5) is 19.7. The normalized spacial score (nSPS) is 8.00. The molecular weight excluding hydrogens is 262 g/mol. The van der Waals surface area contributed by atoms with Crippen molar-refractivity contribution in [1.82, 2.24) is 0 Å². The van der Waals surface area contributed by atoms with Gasteiger partial charge in [0.2, 0.25) is 0 Å². The number of hydrogen-bond acceptors (Lipinski definition) is 6. The largest absolute Gasteiger partial charge is 1.00 e. The van der Waals surface area contributed by atoms with Gasteiger partial charge in [-0.3, -0.25) is 0 Å². The predicted molar refractivity (Wildman–Crippen MR) is 46.1 cm³/mol. The SMILES string of the molecule is O=C([O-])c1ccco1.O=C([O-])c1ccco1.[Na+].[Na+]. The number of carbonyl (C=O) groups excluding carboxylic acids is 2. The van der Waals surface area contributed by atoms with E-state index in [2.05, 4.69) is 8.83 Å². The Morgan fingerprint density at radius 3 is 1.28 bits per heavy atom. The molecule has 2 rings (SSSR count). The van der Waals surface area contributed by atoms with Gasteiger partial charge in [-0.2, -0.15) is 0 Å². The Morgan fingerprint density at radius 1 is 0.833 bits per heavy atom. The fraction of sp³-hybridized carbons (Fsp3) is 0. The summed E-state index contributed by atoms with van der Waals surface area (Å²) >= 11 is 0. The van der Waals surface area contributed by atoms with Crippen LogP contribution >= 0.6 is 0 Å². The number of rotatable bonds is 2. The van der Waals surface area contributed by atoms with Gasteiger partial charge in [-0.15, -0.1) is 0 Å². The van der Waals surface area contributed by atoms with Crippen LogP contribution in [0.2, 0.25) is 0 Å². The minimum absolute atomic E-state index is 0. The molecule has 0 spiro atoms. The first-order chi connectivity index (χ1) is 7.61. The van der Waals surface area contributed by atoms with Crippen molar-refractivity contribution in [3.63, 3.8) is 0 Å². The zero-order valence-corrected chi connectivity index (χ0v) is 13.9. The van der Waals surface area contributed by atoms with Gasteiger partial charge in [0, 0.05) is 0 Å². The third-order valence-electron chi connectivity index (χ3n) is 1.44. The summed E-state index contributed by atoms with van der Waals surface area (Å²) in [6.07, 6.45) is 2.57. The smallest absolute Gasteiger partial charge is 0.542 e. The fourth-order valence-corrected chi connectivity index (χ4v) is 0.789. The van der Waals surface area contributed by atoms with Crippen molar-refractivity contribution < 1.29 is 87.8 Å². The molecule has 2 aromatic rings. The van der Waals surface area contributed by atoms with Crippen LogP contribution in [-0.4, -0.2) is 11.9 Å². The quantitative estimate of drug-likeness (QED) is 0.501. The molecule has 2 heterocycles. The number of hydrogen-bond donors (Lipinski definition) is 0. The number of carbonyl (C=O) groups is 2. The van der Waals surface area contributed by atoms with Gasteiger partial charge in [0.05, 0.1) is 12.5 Å². The molecule has 0 amide bonds. The molecule has 84 valence electrons. The molecule has 0 unspecified atom stereocenters. The minimum Gasteiger partial charge on any atom is -0.542 e. The monoisotopic (exact) mass is 268 g/mol. The molecule has 6 nitrogen and oxygen atoms in total. The third kappa shape index (κ3) is 7.05. The Labute approximate surface area is 147 Å².